The maximum atomic E-state index is 9.20. The monoisotopic (exact) mass is 326 g/mol. The van der Waals surface area contributed by atoms with Crippen molar-refractivity contribution >= 4 is 12.6 Å². The van der Waals surface area contributed by atoms with Crippen LogP contribution >= 0.6 is 0 Å². The number of methoxy groups -OCH3 is 2. The number of hydrogen-bond acceptors (Lipinski definition) is 4. The second-order valence-electron chi connectivity index (χ2n) is 6.39. The summed E-state index contributed by atoms with van der Waals surface area (Å²) in [5.41, 5.74) is 3.05. The van der Waals surface area contributed by atoms with E-state index in [4.69, 9.17) is 9.47 Å². The summed E-state index contributed by atoms with van der Waals surface area (Å²) in [6.07, 6.45) is 3.34. The lowest BCUT2D eigenvalue weighted by molar-refractivity contribution is 0.392. The van der Waals surface area contributed by atoms with Gasteiger partial charge in [-0.1, -0.05) is 24.3 Å². The molecule has 2 N–H and O–H groups in total. The highest BCUT2D eigenvalue weighted by Gasteiger charge is 2.28. The molecule has 5 heteroatoms. The molecular formula is C19H23BO4. The molecule has 0 aliphatic heterocycles. The minimum atomic E-state index is -1.40. The molecule has 4 nitrogen and oxygen atoms in total. The molecule has 0 saturated heterocycles. The third kappa shape index (κ3) is 3.58. The Bertz CT molecular complexity index is 662. The van der Waals surface area contributed by atoms with Crippen LogP contribution in [0.25, 0.3) is 0 Å². The van der Waals surface area contributed by atoms with Gasteiger partial charge in [0.15, 0.2) is 0 Å². The Morgan fingerprint density at radius 1 is 0.833 bits per heavy atom. The third-order valence-corrected chi connectivity index (χ3v) is 4.98. The quantitative estimate of drug-likeness (QED) is 0.829. The second kappa shape index (κ2) is 7.28. The lowest BCUT2D eigenvalue weighted by Crippen LogP contribution is -2.29. The largest absolute Gasteiger partial charge is 0.497 e. The molecule has 0 aromatic heterocycles. The van der Waals surface area contributed by atoms with Crippen LogP contribution < -0.4 is 14.9 Å². The predicted molar refractivity (Wildman–Crippen MR) is 95.1 cm³/mol. The van der Waals surface area contributed by atoms with Crippen molar-refractivity contribution in [3.05, 3.63) is 53.6 Å². The van der Waals surface area contributed by atoms with Crippen LogP contribution in [0.5, 0.6) is 11.5 Å². The van der Waals surface area contributed by atoms with Gasteiger partial charge in [-0.3, -0.25) is 0 Å². The Morgan fingerprint density at radius 3 is 1.88 bits per heavy atom. The molecule has 2 aromatic rings. The van der Waals surface area contributed by atoms with Gasteiger partial charge in [-0.2, -0.15) is 0 Å². The fraction of sp³-hybridized carbons (Fsp3) is 0.368. The van der Waals surface area contributed by atoms with Crippen LogP contribution in [0.15, 0.2) is 42.5 Å². The normalized spacial score (nSPS) is 20.0. The van der Waals surface area contributed by atoms with Gasteiger partial charge in [-0.15, -0.1) is 0 Å². The minimum Gasteiger partial charge on any atom is -0.497 e. The van der Waals surface area contributed by atoms with Gasteiger partial charge in [0.25, 0.3) is 0 Å². The van der Waals surface area contributed by atoms with Gasteiger partial charge < -0.3 is 19.5 Å². The summed E-state index contributed by atoms with van der Waals surface area (Å²) in [5.74, 6) is 2.64. The molecule has 1 aliphatic rings. The van der Waals surface area contributed by atoms with Crippen LogP contribution in [0.1, 0.15) is 42.2 Å². The maximum absolute atomic E-state index is 9.20. The number of hydrogen-bond donors (Lipinski definition) is 2. The average Bonchev–Trinajstić information content (AvgIpc) is 3.11. The fourth-order valence-electron chi connectivity index (χ4n) is 3.59. The van der Waals surface area contributed by atoms with Crippen LogP contribution in [0.3, 0.4) is 0 Å². The van der Waals surface area contributed by atoms with Gasteiger partial charge in [0, 0.05) is 6.07 Å². The van der Waals surface area contributed by atoms with Crippen molar-refractivity contribution in [1.29, 1.82) is 0 Å². The first-order valence-corrected chi connectivity index (χ1v) is 8.29. The first kappa shape index (κ1) is 16.9. The Kier molecular flexibility index (Phi) is 5.12. The summed E-state index contributed by atoms with van der Waals surface area (Å²) < 4.78 is 10.8. The van der Waals surface area contributed by atoms with Gasteiger partial charge >= 0.3 is 7.12 Å². The SMILES string of the molecule is COc1cc(OC)cc(C2CCC(c3ccc(B(O)O)cc3)C2)c1. The van der Waals surface area contributed by atoms with E-state index in [9.17, 15) is 10.0 Å². The molecule has 0 heterocycles. The zero-order valence-electron chi connectivity index (χ0n) is 14.1. The Labute approximate surface area is 143 Å². The van der Waals surface area contributed by atoms with Crippen molar-refractivity contribution in [3.8, 4) is 11.5 Å². The Morgan fingerprint density at radius 2 is 1.38 bits per heavy atom. The molecule has 0 spiro atoms. The summed E-state index contributed by atoms with van der Waals surface area (Å²) >= 11 is 0. The van der Waals surface area contributed by atoms with Crippen LogP contribution in [0.4, 0.5) is 0 Å². The fourth-order valence-corrected chi connectivity index (χ4v) is 3.59. The molecule has 2 unspecified atom stereocenters. The van der Waals surface area contributed by atoms with Crippen LogP contribution in [-0.4, -0.2) is 31.4 Å². The summed E-state index contributed by atoms with van der Waals surface area (Å²) in [4.78, 5) is 0. The summed E-state index contributed by atoms with van der Waals surface area (Å²) in [5, 5.41) is 18.4. The van der Waals surface area contributed by atoms with E-state index in [0.29, 0.717) is 17.3 Å². The van der Waals surface area contributed by atoms with Gasteiger partial charge in [0.1, 0.15) is 11.5 Å². The molecular weight excluding hydrogens is 303 g/mol. The first-order valence-electron chi connectivity index (χ1n) is 8.29. The third-order valence-electron chi connectivity index (χ3n) is 4.98. The lowest BCUT2D eigenvalue weighted by atomic mass is 9.79. The van der Waals surface area contributed by atoms with E-state index in [-0.39, 0.29) is 0 Å². The van der Waals surface area contributed by atoms with Crippen LogP contribution in [0.2, 0.25) is 0 Å². The van der Waals surface area contributed by atoms with E-state index in [1.165, 1.54) is 11.1 Å². The Hall–Kier alpha value is -1.98. The van der Waals surface area contributed by atoms with E-state index in [1.54, 1.807) is 26.4 Å². The van der Waals surface area contributed by atoms with Crippen molar-refractivity contribution in [2.24, 2.45) is 0 Å². The van der Waals surface area contributed by atoms with E-state index in [0.717, 1.165) is 30.8 Å². The highest BCUT2D eigenvalue weighted by Crippen LogP contribution is 2.44. The highest BCUT2D eigenvalue weighted by atomic mass is 16.5. The highest BCUT2D eigenvalue weighted by molar-refractivity contribution is 6.58. The van der Waals surface area contributed by atoms with Crippen molar-refractivity contribution < 1.29 is 19.5 Å². The van der Waals surface area contributed by atoms with Crippen molar-refractivity contribution in [1.82, 2.24) is 0 Å². The van der Waals surface area contributed by atoms with Crippen molar-refractivity contribution in [2.45, 2.75) is 31.1 Å². The van der Waals surface area contributed by atoms with E-state index >= 15 is 0 Å². The predicted octanol–water partition coefficient (Wildman–Crippen LogP) is 2.43. The zero-order chi connectivity index (χ0) is 17.1. The lowest BCUT2D eigenvalue weighted by Gasteiger charge is -2.15. The molecule has 24 heavy (non-hydrogen) atoms. The van der Waals surface area contributed by atoms with E-state index in [2.05, 4.69) is 12.1 Å². The number of ether oxygens (including phenoxy) is 2. The van der Waals surface area contributed by atoms with E-state index in [1.807, 2.05) is 18.2 Å². The standard InChI is InChI=1S/C19H23BO4/c1-23-18-10-16(11-19(12-18)24-2)15-4-3-14(9-15)13-5-7-17(8-6-13)20(21)22/h5-8,10-12,14-15,21-22H,3-4,9H2,1-2H3. The second-order valence-corrected chi connectivity index (χ2v) is 6.39. The van der Waals surface area contributed by atoms with Crippen LogP contribution in [0, 0.1) is 0 Å². The van der Waals surface area contributed by atoms with Crippen molar-refractivity contribution in [2.75, 3.05) is 14.2 Å². The minimum absolute atomic E-state index is 0.488. The molecule has 0 amide bonds. The molecule has 2 aromatic carbocycles. The van der Waals surface area contributed by atoms with Crippen molar-refractivity contribution in [3.63, 3.8) is 0 Å². The number of benzene rings is 2. The topological polar surface area (TPSA) is 58.9 Å². The smallest absolute Gasteiger partial charge is 0.488 e. The van der Waals surface area contributed by atoms with Gasteiger partial charge in [0.05, 0.1) is 14.2 Å². The van der Waals surface area contributed by atoms with E-state index < -0.39 is 7.12 Å². The molecule has 1 aliphatic carbocycles. The average molecular weight is 326 g/mol. The van der Waals surface area contributed by atoms with Gasteiger partial charge in [-0.25, -0.2) is 0 Å². The maximum Gasteiger partial charge on any atom is 0.488 e. The van der Waals surface area contributed by atoms with Gasteiger partial charge in [0.2, 0.25) is 0 Å². The molecule has 1 saturated carbocycles. The zero-order valence-corrected chi connectivity index (χ0v) is 14.1. The summed E-state index contributed by atoms with van der Waals surface area (Å²) in [7, 11) is 1.94. The molecule has 0 bridgehead atoms. The molecule has 0 radical (unpaired) electrons. The Balaban J connectivity index is 1.75. The van der Waals surface area contributed by atoms with Gasteiger partial charge in [-0.05, 0) is 59.8 Å². The van der Waals surface area contributed by atoms with Crippen LogP contribution in [-0.2, 0) is 0 Å². The molecule has 126 valence electrons. The summed E-state index contributed by atoms with van der Waals surface area (Å²) in [6, 6.07) is 13.7. The number of rotatable bonds is 5. The molecule has 1 fully saturated rings. The molecule has 2 atom stereocenters. The molecule has 3 rings (SSSR count). The first-order chi connectivity index (χ1) is 11.6. The summed E-state index contributed by atoms with van der Waals surface area (Å²) in [6.45, 7) is 0.